The largest absolute Gasteiger partial charge is 0.489 e. The first-order chi connectivity index (χ1) is 14.5. The van der Waals surface area contributed by atoms with Crippen molar-refractivity contribution in [1.82, 2.24) is 14.5 Å². The molecule has 1 atom stereocenters. The van der Waals surface area contributed by atoms with E-state index in [9.17, 15) is 9.50 Å². The third-order valence-electron chi connectivity index (χ3n) is 4.83. The maximum atomic E-state index is 13.6. The number of methoxy groups -OCH3 is 1. The Labute approximate surface area is 173 Å². The van der Waals surface area contributed by atoms with Gasteiger partial charge in [-0.05, 0) is 30.2 Å². The van der Waals surface area contributed by atoms with E-state index < -0.39 is 11.9 Å². The first-order valence-corrected chi connectivity index (χ1v) is 9.52. The Morgan fingerprint density at radius 1 is 1.10 bits per heavy atom. The molecule has 30 heavy (non-hydrogen) atoms. The molecule has 2 aromatic heterocycles. The van der Waals surface area contributed by atoms with Crippen LogP contribution in [-0.2, 0) is 18.1 Å². The minimum absolute atomic E-state index is 0.117. The van der Waals surface area contributed by atoms with Gasteiger partial charge in [0, 0.05) is 13.2 Å². The number of aliphatic hydroxyl groups excluding tert-OH is 1. The van der Waals surface area contributed by atoms with Gasteiger partial charge in [-0.1, -0.05) is 42.0 Å². The zero-order valence-corrected chi connectivity index (χ0v) is 16.7. The zero-order valence-electron chi connectivity index (χ0n) is 16.7. The fourth-order valence-corrected chi connectivity index (χ4v) is 3.22. The Kier molecular flexibility index (Phi) is 5.74. The van der Waals surface area contributed by atoms with Crippen LogP contribution < -0.4 is 4.74 Å². The van der Waals surface area contributed by atoms with Crippen molar-refractivity contribution in [2.45, 2.75) is 26.4 Å². The number of imidazole rings is 1. The predicted molar refractivity (Wildman–Crippen MR) is 111 cm³/mol. The number of aliphatic hydroxyl groups is 1. The molecular weight excluding hydrogens is 385 g/mol. The van der Waals surface area contributed by atoms with Crippen LogP contribution in [0.3, 0.4) is 0 Å². The molecule has 7 heteroatoms. The van der Waals surface area contributed by atoms with Gasteiger partial charge in [-0.15, -0.1) is 0 Å². The monoisotopic (exact) mass is 407 g/mol. The molecule has 0 bridgehead atoms. The highest BCUT2D eigenvalue weighted by atomic mass is 19.1. The summed E-state index contributed by atoms with van der Waals surface area (Å²) < 4.78 is 26.3. The molecule has 2 aromatic carbocycles. The van der Waals surface area contributed by atoms with Gasteiger partial charge in [0.25, 0.3) is 0 Å². The lowest BCUT2D eigenvalue weighted by Gasteiger charge is -2.14. The Balaban J connectivity index is 1.54. The first kappa shape index (κ1) is 20.0. The molecule has 0 saturated heterocycles. The van der Waals surface area contributed by atoms with Gasteiger partial charge < -0.3 is 14.6 Å². The molecule has 1 unspecified atom stereocenters. The number of rotatable bonds is 7. The van der Waals surface area contributed by atoms with Crippen molar-refractivity contribution in [3.8, 4) is 5.75 Å². The van der Waals surface area contributed by atoms with E-state index in [-0.39, 0.29) is 6.73 Å². The van der Waals surface area contributed by atoms with Crippen LogP contribution in [0.5, 0.6) is 5.75 Å². The number of aryl methyl sites for hydroxylation is 1. The van der Waals surface area contributed by atoms with Gasteiger partial charge in [0.2, 0.25) is 0 Å². The van der Waals surface area contributed by atoms with Crippen molar-refractivity contribution in [3.63, 3.8) is 0 Å². The Bertz CT molecular complexity index is 1140. The van der Waals surface area contributed by atoms with Crippen LogP contribution in [0.4, 0.5) is 4.39 Å². The maximum Gasteiger partial charge on any atom is 0.178 e. The van der Waals surface area contributed by atoms with Crippen molar-refractivity contribution in [2.24, 2.45) is 0 Å². The third-order valence-corrected chi connectivity index (χ3v) is 4.83. The molecule has 2 heterocycles. The van der Waals surface area contributed by atoms with Gasteiger partial charge >= 0.3 is 0 Å². The number of benzene rings is 2. The smallest absolute Gasteiger partial charge is 0.178 e. The van der Waals surface area contributed by atoms with Gasteiger partial charge in [0.1, 0.15) is 36.8 Å². The van der Waals surface area contributed by atoms with Gasteiger partial charge in [0.15, 0.2) is 5.65 Å². The van der Waals surface area contributed by atoms with E-state index in [1.54, 1.807) is 28.8 Å². The molecule has 6 nitrogen and oxygen atoms in total. The van der Waals surface area contributed by atoms with Crippen LogP contribution in [0.1, 0.15) is 28.6 Å². The summed E-state index contributed by atoms with van der Waals surface area (Å²) in [5.41, 5.74) is 3.72. The van der Waals surface area contributed by atoms with Gasteiger partial charge in [0.05, 0.1) is 11.7 Å². The molecule has 0 aliphatic carbocycles. The maximum absolute atomic E-state index is 13.6. The molecule has 154 valence electrons. The van der Waals surface area contributed by atoms with Crippen LogP contribution in [0.25, 0.3) is 11.2 Å². The average Bonchev–Trinajstić information content (AvgIpc) is 3.11. The minimum Gasteiger partial charge on any atom is -0.489 e. The number of fused-ring (bicyclic) bond motifs is 1. The number of hydrogen-bond acceptors (Lipinski definition) is 5. The van der Waals surface area contributed by atoms with Crippen molar-refractivity contribution in [3.05, 3.63) is 89.1 Å². The second-order valence-electron chi connectivity index (χ2n) is 7.06. The van der Waals surface area contributed by atoms with Crippen LogP contribution in [0.2, 0.25) is 0 Å². The lowest BCUT2D eigenvalue weighted by Crippen LogP contribution is -2.11. The van der Waals surface area contributed by atoms with Gasteiger partial charge in [-0.3, -0.25) is 4.57 Å². The van der Waals surface area contributed by atoms with Crippen LogP contribution in [0, 0.1) is 12.7 Å². The van der Waals surface area contributed by atoms with E-state index in [1.165, 1.54) is 18.7 Å². The summed E-state index contributed by atoms with van der Waals surface area (Å²) in [7, 11) is 1.52. The summed E-state index contributed by atoms with van der Waals surface area (Å²) in [6, 6.07) is 16.6. The summed E-state index contributed by atoms with van der Waals surface area (Å²) in [4.78, 5) is 8.38. The SMILES string of the molecule is COCn1c(C(O)c2ccc(OCc3ccc(C)cc3)cc2)nc2ncc(F)cc21. The van der Waals surface area contributed by atoms with Crippen molar-refractivity contribution < 1.29 is 19.0 Å². The number of aromatic nitrogens is 3. The molecule has 1 N–H and O–H groups in total. The summed E-state index contributed by atoms with van der Waals surface area (Å²) in [6.45, 7) is 2.62. The number of halogens is 1. The molecule has 0 spiro atoms. The van der Waals surface area contributed by atoms with E-state index >= 15 is 0 Å². The molecule has 0 amide bonds. The fraction of sp³-hybridized carbons (Fsp3) is 0.217. The van der Waals surface area contributed by atoms with E-state index in [2.05, 4.69) is 9.97 Å². The number of ether oxygens (including phenoxy) is 2. The van der Waals surface area contributed by atoms with Crippen molar-refractivity contribution in [1.29, 1.82) is 0 Å². The van der Waals surface area contributed by atoms with E-state index in [0.717, 1.165) is 11.8 Å². The molecule has 0 fully saturated rings. The summed E-state index contributed by atoms with van der Waals surface area (Å²) in [5.74, 6) is 0.551. The summed E-state index contributed by atoms with van der Waals surface area (Å²) in [5, 5.41) is 10.9. The normalized spacial score (nSPS) is 12.3. The second kappa shape index (κ2) is 8.61. The first-order valence-electron chi connectivity index (χ1n) is 9.52. The molecular formula is C23H22FN3O3. The van der Waals surface area contributed by atoms with Gasteiger partial charge in [-0.25, -0.2) is 14.4 Å². The summed E-state index contributed by atoms with van der Waals surface area (Å²) in [6.07, 6.45) is 0.0755. The summed E-state index contributed by atoms with van der Waals surface area (Å²) >= 11 is 0. The van der Waals surface area contributed by atoms with Crippen LogP contribution in [-0.4, -0.2) is 26.8 Å². The topological polar surface area (TPSA) is 69.4 Å². The lowest BCUT2D eigenvalue weighted by atomic mass is 10.1. The molecule has 0 radical (unpaired) electrons. The van der Waals surface area contributed by atoms with E-state index in [0.29, 0.717) is 34.9 Å². The Morgan fingerprint density at radius 3 is 2.53 bits per heavy atom. The van der Waals surface area contributed by atoms with Crippen LogP contribution in [0.15, 0.2) is 60.8 Å². The lowest BCUT2D eigenvalue weighted by molar-refractivity contribution is 0.120. The number of nitrogens with zero attached hydrogens (tertiary/aromatic N) is 3. The average molecular weight is 407 g/mol. The highest BCUT2D eigenvalue weighted by Crippen LogP contribution is 2.27. The standard InChI is InChI=1S/C23H22FN3O3/c1-15-3-5-16(6-4-15)13-30-19-9-7-17(8-10-19)21(28)23-26-22-20(27(23)14-29-2)11-18(24)12-25-22/h3-12,21,28H,13-14H2,1-2H3. The number of hydrogen-bond donors (Lipinski definition) is 1. The van der Waals surface area contributed by atoms with E-state index in [1.807, 2.05) is 31.2 Å². The van der Waals surface area contributed by atoms with Crippen LogP contribution >= 0.6 is 0 Å². The van der Waals surface area contributed by atoms with Gasteiger partial charge in [-0.2, -0.15) is 0 Å². The fourth-order valence-electron chi connectivity index (χ4n) is 3.22. The molecule has 4 rings (SSSR count). The molecule has 0 aliphatic rings. The Morgan fingerprint density at radius 2 is 1.83 bits per heavy atom. The predicted octanol–water partition coefficient (Wildman–Crippen LogP) is 4.14. The molecule has 4 aromatic rings. The van der Waals surface area contributed by atoms with Crippen molar-refractivity contribution >= 4 is 11.2 Å². The molecule has 0 aliphatic heterocycles. The highest BCUT2D eigenvalue weighted by molar-refractivity contribution is 5.71. The third kappa shape index (κ3) is 4.17. The molecule has 0 saturated carbocycles. The zero-order chi connectivity index (χ0) is 21.1. The highest BCUT2D eigenvalue weighted by Gasteiger charge is 2.21. The quantitative estimate of drug-likeness (QED) is 0.499. The second-order valence-corrected chi connectivity index (χ2v) is 7.06. The minimum atomic E-state index is -1.02. The number of pyridine rings is 1. The van der Waals surface area contributed by atoms with E-state index in [4.69, 9.17) is 9.47 Å². The van der Waals surface area contributed by atoms with Crippen molar-refractivity contribution in [2.75, 3.05) is 7.11 Å². The Hall–Kier alpha value is -3.29.